The highest BCUT2D eigenvalue weighted by molar-refractivity contribution is 7.89. The minimum Gasteiger partial charge on any atom is -0.497 e. The van der Waals surface area contributed by atoms with E-state index in [9.17, 15) is 8.42 Å². The molecule has 0 aliphatic heterocycles. The van der Waals surface area contributed by atoms with E-state index in [1.807, 2.05) is 55.5 Å². The first kappa shape index (κ1) is 21.0. The molecule has 0 spiro atoms. The van der Waals surface area contributed by atoms with Gasteiger partial charge in [-0.1, -0.05) is 42.8 Å². The van der Waals surface area contributed by atoms with Crippen LogP contribution >= 0.6 is 0 Å². The number of rotatable bonds is 9. The molecule has 0 amide bonds. The van der Waals surface area contributed by atoms with Crippen molar-refractivity contribution < 1.29 is 17.9 Å². The smallest absolute Gasteiger partial charge is 0.215 e. The number of hydrogen-bond donors (Lipinski definition) is 1. The molecule has 0 heterocycles. The Balaban J connectivity index is 2.30. The number of methoxy groups -OCH3 is 2. The number of benzene rings is 2. The van der Waals surface area contributed by atoms with E-state index in [1.165, 1.54) is 0 Å². The molecule has 1 atom stereocenters. The molecule has 0 saturated carbocycles. The zero-order valence-electron chi connectivity index (χ0n) is 16.0. The van der Waals surface area contributed by atoms with Gasteiger partial charge in [0.05, 0.1) is 19.5 Å². The lowest BCUT2D eigenvalue weighted by atomic mass is 9.97. The van der Waals surface area contributed by atoms with Crippen molar-refractivity contribution in [3.63, 3.8) is 0 Å². The standard InChI is InChI=1S/C21H27NO4S/c1-4-21(27(22,23)24)15-18(13-16-5-9-19(25-2)10-6-16)14-17-7-11-20(26-3)12-8-17/h5-12,15,21H,4,13-14H2,1-3H3,(H2,22,23,24). The van der Waals surface area contributed by atoms with E-state index in [2.05, 4.69) is 0 Å². The Kier molecular flexibility index (Phi) is 7.45. The number of sulfonamides is 1. The van der Waals surface area contributed by atoms with Crippen LogP contribution in [0.4, 0.5) is 0 Å². The van der Waals surface area contributed by atoms with Crippen molar-refractivity contribution in [2.75, 3.05) is 14.2 Å². The molecule has 146 valence electrons. The summed E-state index contributed by atoms with van der Waals surface area (Å²) < 4.78 is 34.1. The molecule has 0 aliphatic carbocycles. The first-order chi connectivity index (χ1) is 12.9. The van der Waals surface area contributed by atoms with Gasteiger partial charge >= 0.3 is 0 Å². The predicted octanol–water partition coefficient (Wildman–Crippen LogP) is 3.48. The average Bonchev–Trinajstić information content (AvgIpc) is 2.66. The maximum atomic E-state index is 11.9. The molecule has 5 nitrogen and oxygen atoms in total. The molecular weight excluding hydrogens is 362 g/mol. The van der Waals surface area contributed by atoms with E-state index in [0.29, 0.717) is 19.3 Å². The summed E-state index contributed by atoms with van der Waals surface area (Å²) in [6.45, 7) is 1.82. The van der Waals surface area contributed by atoms with Gasteiger partial charge in [0, 0.05) is 0 Å². The molecule has 6 heteroatoms. The molecule has 0 aliphatic rings. The second-order valence-corrected chi connectivity index (χ2v) is 8.19. The quantitative estimate of drug-likeness (QED) is 0.666. The number of primary sulfonamides is 1. The zero-order chi connectivity index (χ0) is 19.9. The largest absolute Gasteiger partial charge is 0.497 e. The fraction of sp³-hybridized carbons (Fsp3) is 0.333. The molecule has 1 unspecified atom stereocenters. The van der Waals surface area contributed by atoms with Gasteiger partial charge in [0.1, 0.15) is 11.5 Å². The highest BCUT2D eigenvalue weighted by atomic mass is 32.2. The number of allylic oxidation sites excluding steroid dienone is 1. The summed E-state index contributed by atoms with van der Waals surface area (Å²) in [5.41, 5.74) is 3.17. The van der Waals surface area contributed by atoms with Crippen molar-refractivity contribution in [2.45, 2.75) is 31.4 Å². The molecule has 2 aromatic carbocycles. The normalized spacial score (nSPS) is 12.3. The van der Waals surface area contributed by atoms with E-state index in [4.69, 9.17) is 14.6 Å². The summed E-state index contributed by atoms with van der Waals surface area (Å²) in [4.78, 5) is 0. The van der Waals surface area contributed by atoms with Crippen LogP contribution in [-0.4, -0.2) is 27.9 Å². The van der Waals surface area contributed by atoms with Crippen LogP contribution in [0, 0.1) is 0 Å². The minimum atomic E-state index is -3.63. The highest BCUT2D eigenvalue weighted by Gasteiger charge is 2.18. The van der Waals surface area contributed by atoms with Crippen LogP contribution in [0.5, 0.6) is 11.5 Å². The van der Waals surface area contributed by atoms with Crippen molar-refractivity contribution >= 4 is 10.0 Å². The lowest BCUT2D eigenvalue weighted by molar-refractivity contribution is 0.414. The van der Waals surface area contributed by atoms with Crippen molar-refractivity contribution in [1.29, 1.82) is 0 Å². The molecule has 0 radical (unpaired) electrons. The Bertz CT molecular complexity index is 805. The number of hydrogen-bond acceptors (Lipinski definition) is 4. The van der Waals surface area contributed by atoms with Crippen molar-refractivity contribution in [1.82, 2.24) is 0 Å². The molecule has 0 saturated heterocycles. The fourth-order valence-electron chi connectivity index (χ4n) is 2.90. The third-order valence-electron chi connectivity index (χ3n) is 4.43. The van der Waals surface area contributed by atoms with E-state index < -0.39 is 15.3 Å². The molecular formula is C21H27NO4S. The predicted molar refractivity (Wildman–Crippen MR) is 109 cm³/mol. The molecule has 0 fully saturated rings. The van der Waals surface area contributed by atoms with E-state index in [-0.39, 0.29) is 0 Å². The SMILES string of the molecule is CCC(C=C(Cc1ccc(OC)cc1)Cc1ccc(OC)cc1)S(N)(=O)=O. The average molecular weight is 390 g/mol. The summed E-state index contributed by atoms with van der Waals surface area (Å²) in [7, 11) is -0.378. The fourth-order valence-corrected chi connectivity index (χ4v) is 3.75. The van der Waals surface area contributed by atoms with Crippen LogP contribution < -0.4 is 14.6 Å². The van der Waals surface area contributed by atoms with Crippen molar-refractivity contribution in [3.05, 3.63) is 71.3 Å². The van der Waals surface area contributed by atoms with Gasteiger partial charge < -0.3 is 9.47 Å². The molecule has 0 aromatic heterocycles. The van der Waals surface area contributed by atoms with Crippen LogP contribution in [0.1, 0.15) is 24.5 Å². The van der Waals surface area contributed by atoms with Gasteiger partial charge in [-0.3, -0.25) is 0 Å². The van der Waals surface area contributed by atoms with Gasteiger partial charge in [-0.2, -0.15) is 0 Å². The van der Waals surface area contributed by atoms with Crippen molar-refractivity contribution in [2.24, 2.45) is 5.14 Å². The van der Waals surface area contributed by atoms with E-state index in [1.54, 1.807) is 20.3 Å². The van der Waals surface area contributed by atoms with Gasteiger partial charge in [-0.25, -0.2) is 13.6 Å². The Labute approximate surface area is 161 Å². The maximum Gasteiger partial charge on any atom is 0.215 e. The van der Waals surface area contributed by atoms with Crippen molar-refractivity contribution in [3.8, 4) is 11.5 Å². The van der Waals surface area contributed by atoms with Crippen LogP contribution in [0.25, 0.3) is 0 Å². The number of nitrogens with two attached hydrogens (primary N) is 1. The Morgan fingerprint density at radius 2 is 1.33 bits per heavy atom. The maximum absolute atomic E-state index is 11.9. The van der Waals surface area contributed by atoms with Gasteiger partial charge in [0.2, 0.25) is 10.0 Å². The Morgan fingerprint density at radius 1 is 0.926 bits per heavy atom. The summed E-state index contributed by atoms with van der Waals surface area (Å²) in [6.07, 6.45) is 3.52. The first-order valence-electron chi connectivity index (χ1n) is 8.82. The molecule has 0 bridgehead atoms. The van der Waals surface area contributed by atoms with Crippen LogP contribution in [0.2, 0.25) is 0 Å². The first-order valence-corrected chi connectivity index (χ1v) is 10.4. The minimum absolute atomic E-state index is 0.438. The van der Waals surface area contributed by atoms with Gasteiger partial charge in [0.25, 0.3) is 0 Å². The summed E-state index contributed by atoms with van der Waals surface area (Å²) in [5.74, 6) is 1.57. The Hall–Kier alpha value is -2.31. The molecule has 2 N–H and O–H groups in total. The second kappa shape index (κ2) is 9.58. The van der Waals surface area contributed by atoms with E-state index in [0.717, 1.165) is 28.2 Å². The third-order valence-corrected chi connectivity index (χ3v) is 5.74. The molecule has 27 heavy (non-hydrogen) atoms. The zero-order valence-corrected chi connectivity index (χ0v) is 16.8. The van der Waals surface area contributed by atoms with Crippen LogP contribution in [0.15, 0.2) is 60.2 Å². The molecule has 2 aromatic rings. The van der Waals surface area contributed by atoms with Crippen LogP contribution in [-0.2, 0) is 22.9 Å². The van der Waals surface area contributed by atoms with Gasteiger partial charge in [0.15, 0.2) is 0 Å². The summed E-state index contributed by atoms with van der Waals surface area (Å²) in [5, 5.41) is 4.70. The lowest BCUT2D eigenvalue weighted by Gasteiger charge is -2.14. The highest BCUT2D eigenvalue weighted by Crippen LogP contribution is 2.21. The van der Waals surface area contributed by atoms with Crippen LogP contribution in [0.3, 0.4) is 0 Å². The number of ether oxygens (including phenoxy) is 2. The van der Waals surface area contributed by atoms with E-state index >= 15 is 0 Å². The summed E-state index contributed by atoms with van der Waals surface area (Å²) >= 11 is 0. The topological polar surface area (TPSA) is 78.6 Å². The second-order valence-electron chi connectivity index (χ2n) is 6.41. The third kappa shape index (κ3) is 6.41. The lowest BCUT2D eigenvalue weighted by Crippen LogP contribution is -2.26. The summed E-state index contributed by atoms with van der Waals surface area (Å²) in [6, 6.07) is 15.5. The monoisotopic (exact) mass is 389 g/mol. The van der Waals surface area contributed by atoms with Gasteiger partial charge in [-0.05, 0) is 54.7 Å². The molecule has 2 rings (SSSR count). The Morgan fingerprint density at radius 3 is 1.63 bits per heavy atom. The van der Waals surface area contributed by atoms with Gasteiger partial charge in [-0.15, -0.1) is 0 Å².